The van der Waals surface area contributed by atoms with Gasteiger partial charge in [-0.2, -0.15) is 0 Å². The molecule has 0 rings (SSSR count). The second kappa shape index (κ2) is 15.9. The van der Waals surface area contributed by atoms with Crippen LogP contribution in [-0.2, 0) is 19.1 Å². The number of hydrogen-bond acceptors (Lipinski definition) is 4. The Balaban J connectivity index is 3.43. The van der Waals surface area contributed by atoms with Gasteiger partial charge in [0.2, 0.25) is 0 Å². The molecule has 0 fully saturated rings. The van der Waals surface area contributed by atoms with Crippen LogP contribution in [0.25, 0.3) is 0 Å². The van der Waals surface area contributed by atoms with Crippen molar-refractivity contribution in [2.75, 3.05) is 12.5 Å². The van der Waals surface area contributed by atoms with E-state index in [4.69, 9.17) is 21.1 Å². The standard InChI is InChI=1S/C18H31ClO4/c1-3-11-16(2)23-18(21)13-10-12-17(20)22-15-9-7-5-4-6-8-14-19/h3,16H,1,4-15H2,2H3. The van der Waals surface area contributed by atoms with E-state index < -0.39 is 0 Å². The molecule has 0 spiro atoms. The van der Waals surface area contributed by atoms with E-state index in [9.17, 15) is 9.59 Å². The Morgan fingerprint density at radius 1 is 1.00 bits per heavy atom. The fraction of sp³-hybridized carbons (Fsp3) is 0.778. The zero-order valence-corrected chi connectivity index (χ0v) is 15.1. The molecule has 0 amide bonds. The smallest absolute Gasteiger partial charge is 0.306 e. The number of carbonyl (C=O) groups is 2. The lowest BCUT2D eigenvalue weighted by Gasteiger charge is -2.10. The van der Waals surface area contributed by atoms with Crippen molar-refractivity contribution in [1.29, 1.82) is 0 Å². The number of hydrogen-bond donors (Lipinski definition) is 0. The highest BCUT2D eigenvalue weighted by atomic mass is 35.5. The van der Waals surface area contributed by atoms with Crippen LogP contribution in [0.4, 0.5) is 0 Å². The summed E-state index contributed by atoms with van der Waals surface area (Å²) in [6.07, 6.45) is 9.74. The van der Waals surface area contributed by atoms with E-state index >= 15 is 0 Å². The van der Waals surface area contributed by atoms with Crippen molar-refractivity contribution in [2.45, 2.75) is 77.2 Å². The third-order valence-corrected chi connectivity index (χ3v) is 3.65. The molecule has 1 unspecified atom stereocenters. The van der Waals surface area contributed by atoms with Crippen LogP contribution in [0.1, 0.15) is 71.1 Å². The number of carbonyl (C=O) groups excluding carboxylic acids is 2. The van der Waals surface area contributed by atoms with Crippen LogP contribution in [0.3, 0.4) is 0 Å². The summed E-state index contributed by atoms with van der Waals surface area (Å²) in [4.78, 5) is 23.0. The number of alkyl halides is 1. The number of ether oxygens (including phenoxy) is 2. The Hall–Kier alpha value is -1.03. The lowest BCUT2D eigenvalue weighted by molar-refractivity contribution is -0.148. The SMILES string of the molecule is C=CCC(C)OC(=O)CCCC(=O)OCCCCCCCCCl. The topological polar surface area (TPSA) is 52.6 Å². The van der Waals surface area contributed by atoms with Gasteiger partial charge in [-0.25, -0.2) is 0 Å². The van der Waals surface area contributed by atoms with E-state index in [0.717, 1.165) is 31.6 Å². The van der Waals surface area contributed by atoms with E-state index in [0.29, 0.717) is 19.4 Å². The zero-order chi connectivity index (χ0) is 17.3. The minimum absolute atomic E-state index is 0.156. The molecule has 4 nitrogen and oxygen atoms in total. The first kappa shape index (κ1) is 22.0. The Bertz CT molecular complexity index is 331. The summed E-state index contributed by atoms with van der Waals surface area (Å²) in [6, 6.07) is 0. The quantitative estimate of drug-likeness (QED) is 0.185. The number of halogens is 1. The van der Waals surface area contributed by atoms with Gasteiger partial charge in [0.1, 0.15) is 6.10 Å². The molecular weight excluding hydrogens is 316 g/mol. The summed E-state index contributed by atoms with van der Waals surface area (Å²) in [5, 5.41) is 0. The monoisotopic (exact) mass is 346 g/mol. The van der Waals surface area contributed by atoms with Crippen LogP contribution >= 0.6 is 11.6 Å². The van der Waals surface area contributed by atoms with Crippen molar-refractivity contribution in [3.8, 4) is 0 Å². The Morgan fingerprint density at radius 2 is 1.61 bits per heavy atom. The maximum absolute atomic E-state index is 11.5. The lowest BCUT2D eigenvalue weighted by Crippen LogP contribution is -2.14. The molecule has 0 aliphatic rings. The summed E-state index contributed by atoms with van der Waals surface area (Å²) < 4.78 is 10.3. The van der Waals surface area contributed by atoms with Gasteiger partial charge in [-0.05, 0) is 26.2 Å². The molecule has 0 heterocycles. The van der Waals surface area contributed by atoms with Gasteiger partial charge in [0.15, 0.2) is 0 Å². The van der Waals surface area contributed by atoms with E-state index in [1.165, 1.54) is 12.8 Å². The molecule has 0 bridgehead atoms. The van der Waals surface area contributed by atoms with Gasteiger partial charge < -0.3 is 9.47 Å². The van der Waals surface area contributed by atoms with E-state index in [1.807, 2.05) is 6.92 Å². The number of esters is 2. The molecule has 0 radical (unpaired) electrons. The second-order valence-corrected chi connectivity index (χ2v) is 6.09. The van der Waals surface area contributed by atoms with Gasteiger partial charge in [0.25, 0.3) is 0 Å². The predicted molar refractivity (Wildman–Crippen MR) is 93.6 cm³/mol. The summed E-state index contributed by atoms with van der Waals surface area (Å²) in [6.45, 7) is 5.89. The molecule has 0 N–H and O–H groups in total. The Morgan fingerprint density at radius 3 is 2.26 bits per heavy atom. The van der Waals surface area contributed by atoms with Crippen LogP contribution in [0.15, 0.2) is 12.7 Å². The molecule has 1 atom stereocenters. The maximum Gasteiger partial charge on any atom is 0.306 e. The van der Waals surface area contributed by atoms with Gasteiger partial charge in [-0.3, -0.25) is 9.59 Å². The van der Waals surface area contributed by atoms with E-state index in [-0.39, 0.29) is 30.9 Å². The fourth-order valence-corrected chi connectivity index (χ4v) is 2.29. The third kappa shape index (κ3) is 15.6. The average molecular weight is 347 g/mol. The Labute approximate surface area is 145 Å². The first-order valence-electron chi connectivity index (χ1n) is 8.62. The summed E-state index contributed by atoms with van der Waals surface area (Å²) in [7, 11) is 0. The molecule has 134 valence electrons. The molecule has 5 heteroatoms. The normalized spacial score (nSPS) is 11.7. The van der Waals surface area contributed by atoms with Crippen molar-refractivity contribution < 1.29 is 19.1 Å². The highest BCUT2D eigenvalue weighted by Crippen LogP contribution is 2.07. The molecular formula is C18H31ClO4. The van der Waals surface area contributed by atoms with Crippen molar-refractivity contribution in [3.05, 3.63) is 12.7 Å². The summed E-state index contributed by atoms with van der Waals surface area (Å²) >= 11 is 5.61. The zero-order valence-electron chi connectivity index (χ0n) is 14.4. The molecule has 0 saturated heterocycles. The number of unbranched alkanes of at least 4 members (excludes halogenated alkanes) is 5. The van der Waals surface area contributed by atoms with Gasteiger partial charge in [-0.15, -0.1) is 18.2 Å². The first-order chi connectivity index (χ1) is 11.1. The third-order valence-electron chi connectivity index (χ3n) is 3.38. The Kier molecular flexibility index (Phi) is 15.1. The summed E-state index contributed by atoms with van der Waals surface area (Å²) in [5.41, 5.74) is 0. The molecule has 0 saturated carbocycles. The molecule has 0 aromatic rings. The largest absolute Gasteiger partial charge is 0.466 e. The highest BCUT2D eigenvalue weighted by molar-refractivity contribution is 6.17. The molecule has 0 aromatic carbocycles. The van der Waals surface area contributed by atoms with Crippen LogP contribution < -0.4 is 0 Å². The highest BCUT2D eigenvalue weighted by Gasteiger charge is 2.10. The fourth-order valence-electron chi connectivity index (χ4n) is 2.11. The van der Waals surface area contributed by atoms with Crippen LogP contribution in [0, 0.1) is 0 Å². The second-order valence-electron chi connectivity index (χ2n) is 5.71. The van der Waals surface area contributed by atoms with Gasteiger partial charge >= 0.3 is 11.9 Å². The minimum Gasteiger partial charge on any atom is -0.466 e. The molecule has 23 heavy (non-hydrogen) atoms. The minimum atomic E-state index is -0.274. The molecule has 0 aliphatic carbocycles. The van der Waals surface area contributed by atoms with Crippen molar-refractivity contribution in [1.82, 2.24) is 0 Å². The van der Waals surface area contributed by atoms with Crippen LogP contribution in [0.2, 0.25) is 0 Å². The molecule has 0 aliphatic heterocycles. The van der Waals surface area contributed by atoms with E-state index in [2.05, 4.69) is 6.58 Å². The number of rotatable bonds is 15. The summed E-state index contributed by atoms with van der Waals surface area (Å²) in [5.74, 6) is 0.224. The van der Waals surface area contributed by atoms with E-state index in [1.54, 1.807) is 6.08 Å². The predicted octanol–water partition coefficient (Wildman–Crippen LogP) is 4.79. The van der Waals surface area contributed by atoms with Crippen molar-refractivity contribution >= 4 is 23.5 Å². The van der Waals surface area contributed by atoms with Crippen LogP contribution in [-0.4, -0.2) is 30.5 Å². The first-order valence-corrected chi connectivity index (χ1v) is 9.15. The van der Waals surface area contributed by atoms with Gasteiger partial charge in [0.05, 0.1) is 6.61 Å². The van der Waals surface area contributed by atoms with Gasteiger partial charge in [-0.1, -0.05) is 31.8 Å². The maximum atomic E-state index is 11.5. The van der Waals surface area contributed by atoms with Crippen molar-refractivity contribution in [3.63, 3.8) is 0 Å². The van der Waals surface area contributed by atoms with Gasteiger partial charge in [0, 0.05) is 25.1 Å². The van der Waals surface area contributed by atoms with Crippen molar-refractivity contribution in [2.24, 2.45) is 0 Å². The lowest BCUT2D eigenvalue weighted by atomic mass is 10.1. The van der Waals surface area contributed by atoms with Crippen LogP contribution in [0.5, 0.6) is 0 Å². The average Bonchev–Trinajstić information content (AvgIpc) is 2.50. The molecule has 0 aromatic heterocycles.